The predicted molar refractivity (Wildman–Crippen MR) is 114 cm³/mol. The Kier molecular flexibility index (Phi) is 8.06. The predicted octanol–water partition coefficient (Wildman–Crippen LogP) is 3.81. The lowest BCUT2D eigenvalue weighted by atomic mass is 10.2. The molecule has 0 atom stereocenters. The first kappa shape index (κ1) is 21.2. The Morgan fingerprint density at radius 3 is 2.67 bits per heavy atom. The molecule has 0 aliphatic carbocycles. The van der Waals surface area contributed by atoms with E-state index in [0.29, 0.717) is 36.2 Å². The van der Waals surface area contributed by atoms with Crippen LogP contribution in [0.15, 0.2) is 23.2 Å². The highest BCUT2D eigenvalue weighted by atomic mass is 35.5. The van der Waals surface area contributed by atoms with E-state index in [1.165, 1.54) is 0 Å². The van der Waals surface area contributed by atoms with Crippen LogP contribution >= 0.6 is 22.9 Å². The molecule has 0 fully saturated rings. The number of nitrogens with one attached hydrogen (secondary N) is 3. The third kappa shape index (κ3) is 6.84. The maximum atomic E-state index is 12.1. The van der Waals surface area contributed by atoms with Gasteiger partial charge in [-0.15, -0.1) is 11.3 Å². The van der Waals surface area contributed by atoms with E-state index in [-0.39, 0.29) is 5.91 Å². The second-order valence-corrected chi connectivity index (χ2v) is 7.84. The molecule has 1 aromatic heterocycles. The number of carbonyl (C=O) groups excluding carboxylic acids is 1. The van der Waals surface area contributed by atoms with Crippen molar-refractivity contribution in [2.75, 3.05) is 18.4 Å². The van der Waals surface area contributed by atoms with Crippen molar-refractivity contribution >= 4 is 40.5 Å². The Hall–Kier alpha value is -2.12. The summed E-state index contributed by atoms with van der Waals surface area (Å²) in [6.45, 7) is 9.74. The fraction of sp³-hybridized carbons (Fsp3) is 0.421. The summed E-state index contributed by atoms with van der Waals surface area (Å²) < 4.78 is 0. The van der Waals surface area contributed by atoms with Gasteiger partial charge in [-0.1, -0.05) is 17.7 Å². The molecule has 146 valence electrons. The van der Waals surface area contributed by atoms with Gasteiger partial charge in [0.05, 0.1) is 28.0 Å². The molecule has 6 nitrogen and oxygen atoms in total. The van der Waals surface area contributed by atoms with Crippen LogP contribution in [0.25, 0.3) is 0 Å². The zero-order valence-electron chi connectivity index (χ0n) is 16.1. The first-order valence-corrected chi connectivity index (χ1v) is 10.1. The number of hydrogen-bond acceptors (Lipinski definition) is 4. The standard InChI is InChI=1S/C19H26ClN5OS/c1-5-21-19(23-11-17-13(3)24-14(4)27-17)22-9-8-18(26)25-16-7-6-12(2)10-15(16)20/h6-7,10H,5,8-9,11H2,1-4H3,(H,25,26)(H2,21,22,23). The summed E-state index contributed by atoms with van der Waals surface area (Å²) in [5, 5.41) is 10.8. The van der Waals surface area contributed by atoms with E-state index < -0.39 is 0 Å². The fourth-order valence-electron chi connectivity index (χ4n) is 2.44. The number of aryl methyl sites for hydroxylation is 3. The van der Waals surface area contributed by atoms with Crippen LogP contribution in [0, 0.1) is 20.8 Å². The zero-order chi connectivity index (χ0) is 19.8. The summed E-state index contributed by atoms with van der Waals surface area (Å²) in [6.07, 6.45) is 0.313. The quantitative estimate of drug-likeness (QED) is 0.481. The molecule has 8 heteroatoms. The van der Waals surface area contributed by atoms with Gasteiger partial charge in [-0.05, 0) is 45.4 Å². The van der Waals surface area contributed by atoms with Crippen LogP contribution < -0.4 is 16.0 Å². The Bertz CT molecular complexity index is 818. The number of benzene rings is 1. The number of hydrogen-bond donors (Lipinski definition) is 3. The van der Waals surface area contributed by atoms with Gasteiger partial charge in [0.2, 0.25) is 5.91 Å². The van der Waals surface area contributed by atoms with Gasteiger partial charge in [0.25, 0.3) is 0 Å². The number of thiazole rings is 1. The second-order valence-electron chi connectivity index (χ2n) is 6.14. The summed E-state index contributed by atoms with van der Waals surface area (Å²) in [4.78, 5) is 22.3. The Labute approximate surface area is 169 Å². The number of guanidine groups is 1. The Morgan fingerprint density at radius 1 is 1.26 bits per heavy atom. The SMILES string of the molecule is CCNC(=NCc1sc(C)nc1C)NCCC(=O)Nc1ccc(C)cc1Cl. The summed E-state index contributed by atoms with van der Waals surface area (Å²) in [5.74, 6) is 0.585. The lowest BCUT2D eigenvalue weighted by Crippen LogP contribution is -2.38. The Morgan fingerprint density at radius 2 is 2.04 bits per heavy atom. The monoisotopic (exact) mass is 407 g/mol. The van der Waals surface area contributed by atoms with Crippen molar-refractivity contribution in [3.8, 4) is 0 Å². The molecule has 3 N–H and O–H groups in total. The highest BCUT2D eigenvalue weighted by molar-refractivity contribution is 7.11. The molecule has 1 heterocycles. The van der Waals surface area contributed by atoms with E-state index in [9.17, 15) is 4.79 Å². The molecule has 0 saturated heterocycles. The van der Waals surface area contributed by atoms with Crippen LogP contribution in [-0.4, -0.2) is 29.9 Å². The lowest BCUT2D eigenvalue weighted by molar-refractivity contribution is -0.116. The smallest absolute Gasteiger partial charge is 0.226 e. The van der Waals surface area contributed by atoms with E-state index in [4.69, 9.17) is 11.6 Å². The summed E-state index contributed by atoms with van der Waals surface area (Å²) in [5.41, 5.74) is 2.70. The topological polar surface area (TPSA) is 78.4 Å². The maximum absolute atomic E-state index is 12.1. The molecule has 1 aromatic carbocycles. The summed E-state index contributed by atoms with van der Waals surface area (Å²) >= 11 is 7.81. The molecule has 0 bridgehead atoms. The molecule has 0 spiro atoms. The third-order valence-corrected chi connectivity index (χ3v) is 5.14. The van der Waals surface area contributed by atoms with Gasteiger partial charge in [-0.25, -0.2) is 9.98 Å². The molecule has 1 amide bonds. The largest absolute Gasteiger partial charge is 0.357 e. The van der Waals surface area contributed by atoms with Crippen molar-refractivity contribution in [1.29, 1.82) is 0 Å². The molecule has 0 unspecified atom stereocenters. The van der Waals surface area contributed by atoms with Crippen LogP contribution in [0.1, 0.15) is 34.5 Å². The highest BCUT2D eigenvalue weighted by Gasteiger charge is 2.08. The summed E-state index contributed by atoms with van der Waals surface area (Å²) in [7, 11) is 0. The van der Waals surface area contributed by atoms with E-state index in [2.05, 4.69) is 25.9 Å². The third-order valence-electron chi connectivity index (χ3n) is 3.77. The lowest BCUT2D eigenvalue weighted by Gasteiger charge is -2.12. The number of aliphatic imine (C=N–C) groups is 1. The molecule has 0 aliphatic heterocycles. The first-order valence-electron chi connectivity index (χ1n) is 8.90. The molecular weight excluding hydrogens is 382 g/mol. The van der Waals surface area contributed by atoms with E-state index in [1.54, 1.807) is 11.3 Å². The average molecular weight is 408 g/mol. The molecule has 0 radical (unpaired) electrons. The number of anilines is 1. The van der Waals surface area contributed by atoms with E-state index in [1.807, 2.05) is 45.9 Å². The van der Waals surface area contributed by atoms with Gasteiger partial charge in [0.15, 0.2) is 5.96 Å². The minimum atomic E-state index is -0.0990. The van der Waals surface area contributed by atoms with Gasteiger partial charge >= 0.3 is 0 Å². The first-order chi connectivity index (χ1) is 12.9. The number of carbonyl (C=O) groups is 1. The van der Waals surface area contributed by atoms with Crippen LogP contribution in [0.2, 0.25) is 5.02 Å². The minimum Gasteiger partial charge on any atom is -0.357 e. The van der Waals surface area contributed by atoms with Crippen LogP contribution in [0.3, 0.4) is 0 Å². The molecule has 2 aromatic rings. The fourth-order valence-corrected chi connectivity index (χ4v) is 3.59. The maximum Gasteiger partial charge on any atom is 0.226 e. The number of rotatable bonds is 7. The zero-order valence-corrected chi connectivity index (χ0v) is 17.7. The number of aromatic nitrogens is 1. The van der Waals surface area contributed by atoms with E-state index >= 15 is 0 Å². The minimum absolute atomic E-state index is 0.0990. The van der Waals surface area contributed by atoms with Gasteiger partial charge < -0.3 is 16.0 Å². The van der Waals surface area contributed by atoms with Crippen molar-refractivity contribution in [3.05, 3.63) is 44.4 Å². The van der Waals surface area contributed by atoms with Gasteiger partial charge in [0.1, 0.15) is 0 Å². The van der Waals surface area contributed by atoms with Crippen LogP contribution in [0.4, 0.5) is 5.69 Å². The van der Waals surface area contributed by atoms with Gasteiger partial charge in [-0.3, -0.25) is 4.79 Å². The van der Waals surface area contributed by atoms with Crippen LogP contribution in [0.5, 0.6) is 0 Å². The number of amides is 1. The molecule has 2 rings (SSSR count). The number of nitrogens with zero attached hydrogens (tertiary/aromatic N) is 2. The normalized spacial score (nSPS) is 11.4. The van der Waals surface area contributed by atoms with Gasteiger partial charge in [-0.2, -0.15) is 0 Å². The molecule has 0 aliphatic rings. The molecular formula is C19H26ClN5OS. The molecule has 0 saturated carbocycles. The van der Waals surface area contributed by atoms with Gasteiger partial charge in [0, 0.05) is 24.4 Å². The van der Waals surface area contributed by atoms with Crippen molar-refractivity contribution in [2.24, 2.45) is 4.99 Å². The summed E-state index contributed by atoms with van der Waals surface area (Å²) in [6, 6.07) is 5.56. The second kappa shape index (κ2) is 10.3. The average Bonchev–Trinajstić information content (AvgIpc) is 2.92. The number of halogens is 1. The van der Waals surface area contributed by atoms with Crippen LogP contribution in [-0.2, 0) is 11.3 Å². The van der Waals surface area contributed by atoms with Crippen molar-refractivity contribution in [1.82, 2.24) is 15.6 Å². The van der Waals surface area contributed by atoms with Crippen molar-refractivity contribution in [2.45, 2.75) is 40.7 Å². The van der Waals surface area contributed by atoms with E-state index in [0.717, 1.165) is 27.7 Å². The Balaban J connectivity index is 1.85. The van der Waals surface area contributed by atoms with Crippen molar-refractivity contribution in [3.63, 3.8) is 0 Å². The molecule has 27 heavy (non-hydrogen) atoms. The van der Waals surface area contributed by atoms with Crippen molar-refractivity contribution < 1.29 is 4.79 Å². The highest BCUT2D eigenvalue weighted by Crippen LogP contribution is 2.22.